The van der Waals surface area contributed by atoms with E-state index >= 15 is 0 Å². The molecule has 94 valence electrons. The Balaban J connectivity index is 2.27. The van der Waals surface area contributed by atoms with Crippen LogP contribution in [0.3, 0.4) is 0 Å². The predicted octanol–water partition coefficient (Wildman–Crippen LogP) is 4.64. The van der Waals surface area contributed by atoms with Gasteiger partial charge in [-0.1, -0.05) is 32.1 Å². The highest BCUT2D eigenvalue weighted by Crippen LogP contribution is 2.58. The van der Waals surface area contributed by atoms with Crippen molar-refractivity contribution >= 4 is 8.07 Å². The van der Waals surface area contributed by atoms with Gasteiger partial charge in [-0.3, -0.25) is 0 Å². The predicted molar refractivity (Wildman–Crippen MR) is 78.4 cm³/mol. The number of rotatable bonds is 2. The van der Waals surface area contributed by atoms with Gasteiger partial charge in [-0.2, -0.15) is 0 Å². The third kappa shape index (κ3) is 2.52. The lowest BCUT2D eigenvalue weighted by Gasteiger charge is -2.30. The number of allylic oxidation sites excluding steroid dienone is 1. The molecule has 0 spiro atoms. The van der Waals surface area contributed by atoms with Gasteiger partial charge < -0.3 is 0 Å². The van der Waals surface area contributed by atoms with E-state index in [-0.39, 0.29) is 0 Å². The van der Waals surface area contributed by atoms with E-state index < -0.39 is 8.07 Å². The van der Waals surface area contributed by atoms with Crippen molar-refractivity contribution < 1.29 is 0 Å². The van der Waals surface area contributed by atoms with Crippen LogP contribution in [0.15, 0.2) is 12.7 Å². The van der Waals surface area contributed by atoms with Crippen LogP contribution >= 0.6 is 0 Å². The molecule has 0 aromatic rings. The van der Waals surface area contributed by atoms with Crippen LogP contribution in [0.2, 0.25) is 19.6 Å². The van der Waals surface area contributed by atoms with Gasteiger partial charge in [0.1, 0.15) is 8.07 Å². The molecule has 17 heavy (non-hydrogen) atoms. The van der Waals surface area contributed by atoms with Crippen LogP contribution in [0.1, 0.15) is 38.5 Å². The van der Waals surface area contributed by atoms with Crippen molar-refractivity contribution in [2.75, 3.05) is 0 Å². The van der Waals surface area contributed by atoms with Crippen LogP contribution in [0, 0.1) is 28.7 Å². The number of hydrogen-bond acceptors (Lipinski definition) is 0. The smallest absolute Gasteiger partial charge is 0.129 e. The monoisotopic (exact) mass is 246 g/mol. The van der Waals surface area contributed by atoms with E-state index in [0.717, 1.165) is 11.8 Å². The molecule has 2 rings (SSSR count). The molecule has 0 N–H and O–H groups in total. The molecule has 1 heteroatoms. The van der Waals surface area contributed by atoms with Crippen LogP contribution in [0.5, 0.6) is 0 Å². The lowest BCUT2D eigenvalue weighted by molar-refractivity contribution is 0.253. The molecule has 0 radical (unpaired) electrons. The lowest BCUT2D eigenvalue weighted by atomic mass is 9.73. The highest BCUT2D eigenvalue weighted by atomic mass is 28.3. The van der Waals surface area contributed by atoms with Crippen molar-refractivity contribution in [3.63, 3.8) is 0 Å². The van der Waals surface area contributed by atoms with E-state index in [9.17, 15) is 0 Å². The number of fused-ring (bicyclic) bond motifs is 1. The van der Waals surface area contributed by atoms with Crippen LogP contribution in [0.4, 0.5) is 0 Å². The minimum Gasteiger partial charge on any atom is -0.131 e. The second kappa shape index (κ2) is 4.65. The second-order valence-corrected chi connectivity index (χ2v) is 11.7. The average molecular weight is 246 g/mol. The summed E-state index contributed by atoms with van der Waals surface area (Å²) in [5, 5.41) is 0. The summed E-state index contributed by atoms with van der Waals surface area (Å²) in [7, 11) is -1.23. The standard InChI is InChI=1S/C16H26Si/c1-5-7-14-9-10-15-8-6-11-16(14,15)12-13-17(2,3)4/h5,14-15H,1,6-11H2,2-4H3/t14-,15-,16-/m0/s1. The van der Waals surface area contributed by atoms with Gasteiger partial charge in [0.25, 0.3) is 0 Å². The zero-order valence-corrected chi connectivity index (χ0v) is 12.7. The molecule has 2 aliphatic carbocycles. The maximum absolute atomic E-state index is 3.94. The molecule has 0 saturated heterocycles. The fraction of sp³-hybridized carbons (Fsp3) is 0.750. The van der Waals surface area contributed by atoms with E-state index in [1.807, 2.05) is 0 Å². The summed E-state index contributed by atoms with van der Waals surface area (Å²) in [5.74, 6) is 5.50. The Morgan fingerprint density at radius 2 is 2.06 bits per heavy atom. The largest absolute Gasteiger partial charge is 0.131 e. The molecule has 0 bridgehead atoms. The Bertz CT molecular complexity index is 352. The van der Waals surface area contributed by atoms with Crippen molar-refractivity contribution in [3.8, 4) is 11.5 Å². The van der Waals surface area contributed by atoms with Crippen LogP contribution in [-0.4, -0.2) is 8.07 Å². The van der Waals surface area contributed by atoms with Crippen LogP contribution in [-0.2, 0) is 0 Å². The number of hydrogen-bond donors (Lipinski definition) is 0. The molecule has 2 saturated carbocycles. The molecule has 0 unspecified atom stereocenters. The minimum atomic E-state index is -1.23. The lowest BCUT2D eigenvalue weighted by Crippen LogP contribution is -2.27. The summed E-state index contributed by atoms with van der Waals surface area (Å²) in [6.07, 6.45) is 10.3. The van der Waals surface area contributed by atoms with E-state index in [4.69, 9.17) is 0 Å². The quantitative estimate of drug-likeness (QED) is 0.378. The first-order valence-corrected chi connectivity index (χ1v) is 10.6. The fourth-order valence-corrected chi connectivity index (χ4v) is 4.41. The summed E-state index contributed by atoms with van der Waals surface area (Å²) in [5.41, 5.74) is 4.05. The maximum atomic E-state index is 3.94. The van der Waals surface area contributed by atoms with Gasteiger partial charge in [0.2, 0.25) is 0 Å². The van der Waals surface area contributed by atoms with Gasteiger partial charge in [-0.05, 0) is 43.9 Å². The minimum absolute atomic E-state index is 0.383. The molecule has 2 fully saturated rings. The molecule has 0 amide bonds. The Kier molecular flexibility index (Phi) is 3.55. The first kappa shape index (κ1) is 13.0. The van der Waals surface area contributed by atoms with E-state index in [2.05, 4.69) is 43.8 Å². The Morgan fingerprint density at radius 3 is 2.71 bits per heavy atom. The summed E-state index contributed by atoms with van der Waals surface area (Å²) >= 11 is 0. The summed E-state index contributed by atoms with van der Waals surface area (Å²) in [6, 6.07) is 0. The van der Waals surface area contributed by atoms with Gasteiger partial charge in [0, 0.05) is 5.41 Å². The Labute approximate surface area is 108 Å². The van der Waals surface area contributed by atoms with Crippen molar-refractivity contribution in [3.05, 3.63) is 12.7 Å². The summed E-state index contributed by atoms with van der Waals surface area (Å²) in [4.78, 5) is 0. The molecule has 0 aromatic carbocycles. The fourth-order valence-electron chi connectivity index (χ4n) is 3.80. The van der Waals surface area contributed by atoms with Crippen LogP contribution in [0.25, 0.3) is 0 Å². The molecule has 0 nitrogen and oxygen atoms in total. The molecule has 0 aromatic heterocycles. The third-order valence-electron chi connectivity index (χ3n) is 4.59. The average Bonchev–Trinajstić information content (AvgIpc) is 2.76. The molecular formula is C16H26Si. The molecule has 0 heterocycles. The first-order chi connectivity index (χ1) is 7.98. The Morgan fingerprint density at radius 1 is 1.29 bits per heavy atom. The van der Waals surface area contributed by atoms with E-state index in [1.54, 1.807) is 0 Å². The highest BCUT2D eigenvalue weighted by molar-refractivity contribution is 6.83. The van der Waals surface area contributed by atoms with Crippen molar-refractivity contribution in [2.45, 2.75) is 58.2 Å². The van der Waals surface area contributed by atoms with Gasteiger partial charge in [0.05, 0.1) is 0 Å². The zero-order valence-electron chi connectivity index (χ0n) is 11.7. The molecule has 0 aliphatic heterocycles. The van der Waals surface area contributed by atoms with E-state index in [1.165, 1.54) is 38.5 Å². The van der Waals surface area contributed by atoms with Gasteiger partial charge in [-0.25, -0.2) is 0 Å². The van der Waals surface area contributed by atoms with Gasteiger partial charge >= 0.3 is 0 Å². The third-order valence-corrected chi connectivity index (χ3v) is 5.46. The van der Waals surface area contributed by atoms with Crippen molar-refractivity contribution in [1.82, 2.24) is 0 Å². The van der Waals surface area contributed by atoms with E-state index in [0.29, 0.717) is 5.41 Å². The zero-order chi connectivity index (χ0) is 12.5. The Hall–Kier alpha value is -0.483. The topological polar surface area (TPSA) is 0 Å². The summed E-state index contributed by atoms with van der Waals surface area (Å²) in [6.45, 7) is 11.0. The van der Waals surface area contributed by atoms with Crippen molar-refractivity contribution in [1.29, 1.82) is 0 Å². The molecule has 3 atom stereocenters. The molecular weight excluding hydrogens is 220 g/mol. The van der Waals surface area contributed by atoms with Gasteiger partial charge in [0.15, 0.2) is 0 Å². The van der Waals surface area contributed by atoms with Crippen molar-refractivity contribution in [2.24, 2.45) is 17.3 Å². The summed E-state index contributed by atoms with van der Waals surface area (Å²) < 4.78 is 0. The second-order valence-electron chi connectivity index (χ2n) is 6.93. The normalized spacial score (nSPS) is 36.2. The highest BCUT2D eigenvalue weighted by Gasteiger charge is 2.50. The first-order valence-electron chi connectivity index (χ1n) is 7.13. The maximum Gasteiger partial charge on any atom is 0.129 e. The van der Waals surface area contributed by atoms with Crippen LogP contribution < -0.4 is 0 Å². The van der Waals surface area contributed by atoms with Gasteiger partial charge in [-0.15, -0.1) is 18.0 Å². The molecule has 2 aliphatic rings. The SMILES string of the molecule is C=CC[C@H]1CC[C@@H]2CCC[C@@]21C#C[Si](C)(C)C.